The van der Waals surface area contributed by atoms with Gasteiger partial charge in [-0.1, -0.05) is 0 Å². The van der Waals surface area contributed by atoms with Gasteiger partial charge in [0, 0.05) is 6.20 Å². The van der Waals surface area contributed by atoms with Crippen molar-refractivity contribution >= 4 is 11.9 Å². The first-order chi connectivity index (χ1) is 8.97. The first kappa shape index (κ1) is 12.7. The lowest BCUT2D eigenvalue weighted by Crippen LogP contribution is -2.01. The highest BCUT2D eigenvalue weighted by molar-refractivity contribution is 5.90. The lowest BCUT2D eigenvalue weighted by molar-refractivity contribution is 0.0682. The second-order valence-corrected chi connectivity index (χ2v) is 3.77. The normalized spacial score (nSPS) is 10.2. The summed E-state index contributed by atoms with van der Waals surface area (Å²) in [5, 5.41) is 17.7. The third-order valence-electron chi connectivity index (χ3n) is 2.46. The van der Waals surface area contributed by atoms with Crippen molar-refractivity contribution in [3.05, 3.63) is 53.6 Å². The van der Waals surface area contributed by atoms with Crippen LogP contribution in [-0.4, -0.2) is 27.1 Å². The van der Waals surface area contributed by atoms with Crippen LogP contribution in [0.3, 0.4) is 0 Å². The first-order valence-electron chi connectivity index (χ1n) is 5.21. The Morgan fingerprint density at radius 1 is 1.00 bits per heavy atom. The van der Waals surface area contributed by atoms with Gasteiger partial charge in [0.15, 0.2) is 0 Å². The lowest BCUT2D eigenvalue weighted by Gasteiger charge is -2.04. The van der Waals surface area contributed by atoms with Crippen molar-refractivity contribution in [1.29, 1.82) is 0 Å². The molecule has 2 aromatic rings. The van der Waals surface area contributed by atoms with Gasteiger partial charge in [0.1, 0.15) is 11.5 Å². The molecule has 0 saturated carbocycles. The van der Waals surface area contributed by atoms with Gasteiger partial charge in [0.05, 0.1) is 5.56 Å². The molecule has 0 amide bonds. The molecule has 0 spiro atoms. The second kappa shape index (κ2) is 4.85. The van der Waals surface area contributed by atoms with Crippen LogP contribution < -0.4 is 0 Å². The molecule has 0 unspecified atom stereocenters. The third kappa shape index (κ3) is 2.74. The van der Waals surface area contributed by atoms with Gasteiger partial charge < -0.3 is 10.2 Å². The van der Waals surface area contributed by atoms with Crippen molar-refractivity contribution in [1.82, 2.24) is 4.98 Å². The maximum atomic E-state index is 13.3. The first-order valence-corrected chi connectivity index (χ1v) is 5.21. The number of carboxylic acids is 2. The van der Waals surface area contributed by atoms with Crippen LogP contribution in [0, 0.1) is 5.82 Å². The Labute approximate surface area is 107 Å². The van der Waals surface area contributed by atoms with Gasteiger partial charge >= 0.3 is 11.9 Å². The standard InChI is InChI=1S/C13H8FNO4/c14-10-4-8(3-9(5-10)12(16)17)7-1-2-15-11(6-7)13(18)19/h1-6H,(H,16,17)(H,18,19). The largest absolute Gasteiger partial charge is 0.478 e. The number of nitrogens with zero attached hydrogens (tertiary/aromatic N) is 1. The monoisotopic (exact) mass is 261 g/mol. The number of pyridine rings is 1. The average Bonchev–Trinajstić information content (AvgIpc) is 2.38. The molecule has 2 rings (SSSR count). The minimum atomic E-state index is -1.26. The predicted molar refractivity (Wildman–Crippen MR) is 63.5 cm³/mol. The van der Waals surface area contributed by atoms with Gasteiger partial charge in [-0.3, -0.25) is 0 Å². The van der Waals surface area contributed by atoms with Crippen molar-refractivity contribution < 1.29 is 24.2 Å². The van der Waals surface area contributed by atoms with E-state index < -0.39 is 17.8 Å². The van der Waals surface area contributed by atoms with E-state index in [2.05, 4.69) is 4.98 Å². The zero-order valence-electron chi connectivity index (χ0n) is 9.50. The van der Waals surface area contributed by atoms with E-state index in [9.17, 15) is 14.0 Å². The smallest absolute Gasteiger partial charge is 0.354 e. The number of hydrogen-bond acceptors (Lipinski definition) is 3. The quantitative estimate of drug-likeness (QED) is 0.884. The Kier molecular flexibility index (Phi) is 3.24. The van der Waals surface area contributed by atoms with Crippen LogP contribution in [0.15, 0.2) is 36.5 Å². The van der Waals surface area contributed by atoms with Crippen LogP contribution in [0.4, 0.5) is 4.39 Å². The summed E-state index contributed by atoms with van der Waals surface area (Å²) in [5.41, 5.74) is 0.263. The van der Waals surface area contributed by atoms with Crippen molar-refractivity contribution in [2.45, 2.75) is 0 Å². The SMILES string of the molecule is O=C(O)c1cc(F)cc(-c2ccnc(C(=O)O)c2)c1. The Morgan fingerprint density at radius 3 is 2.37 bits per heavy atom. The molecule has 0 bridgehead atoms. The molecular weight excluding hydrogens is 253 g/mol. The van der Waals surface area contributed by atoms with Crippen molar-refractivity contribution in [2.24, 2.45) is 0 Å². The molecule has 0 aliphatic rings. The number of aromatic carboxylic acids is 2. The van der Waals surface area contributed by atoms with Crippen molar-refractivity contribution in [3.8, 4) is 11.1 Å². The fraction of sp³-hybridized carbons (Fsp3) is 0. The third-order valence-corrected chi connectivity index (χ3v) is 2.46. The van der Waals surface area contributed by atoms with Crippen LogP contribution in [0.2, 0.25) is 0 Å². The molecule has 2 N–H and O–H groups in total. The van der Waals surface area contributed by atoms with Gasteiger partial charge in [-0.25, -0.2) is 19.0 Å². The van der Waals surface area contributed by atoms with Gasteiger partial charge in [-0.2, -0.15) is 0 Å². The molecule has 0 aliphatic heterocycles. The van der Waals surface area contributed by atoms with Crippen molar-refractivity contribution in [3.63, 3.8) is 0 Å². The van der Waals surface area contributed by atoms with Crippen LogP contribution in [0.1, 0.15) is 20.8 Å². The molecule has 0 saturated heterocycles. The molecule has 0 fully saturated rings. The molecule has 0 aliphatic carbocycles. The van der Waals surface area contributed by atoms with E-state index in [1.165, 1.54) is 24.4 Å². The van der Waals surface area contributed by atoms with E-state index in [-0.39, 0.29) is 16.8 Å². The number of rotatable bonds is 3. The van der Waals surface area contributed by atoms with E-state index in [0.717, 1.165) is 12.1 Å². The summed E-state index contributed by atoms with van der Waals surface area (Å²) in [6, 6.07) is 6.03. The fourth-order valence-corrected chi connectivity index (χ4v) is 1.61. The number of benzene rings is 1. The maximum Gasteiger partial charge on any atom is 0.354 e. The molecule has 5 nitrogen and oxygen atoms in total. The molecule has 0 radical (unpaired) electrons. The Bertz CT molecular complexity index is 669. The minimum Gasteiger partial charge on any atom is -0.478 e. The number of carbonyl (C=O) groups is 2. The van der Waals surface area contributed by atoms with Crippen molar-refractivity contribution in [2.75, 3.05) is 0 Å². The zero-order chi connectivity index (χ0) is 14.0. The summed E-state index contributed by atoms with van der Waals surface area (Å²) < 4.78 is 13.3. The summed E-state index contributed by atoms with van der Waals surface area (Å²) in [4.78, 5) is 25.3. The van der Waals surface area contributed by atoms with E-state index in [1.54, 1.807) is 0 Å². The van der Waals surface area contributed by atoms with E-state index in [4.69, 9.17) is 10.2 Å². The topological polar surface area (TPSA) is 87.5 Å². The number of aromatic nitrogens is 1. The second-order valence-electron chi connectivity index (χ2n) is 3.77. The highest BCUT2D eigenvalue weighted by Crippen LogP contribution is 2.22. The summed E-state index contributed by atoms with van der Waals surface area (Å²) in [6.45, 7) is 0. The Morgan fingerprint density at radius 2 is 1.74 bits per heavy atom. The average molecular weight is 261 g/mol. The number of halogens is 1. The molecule has 19 heavy (non-hydrogen) atoms. The summed E-state index contributed by atoms with van der Waals surface area (Å²) >= 11 is 0. The lowest BCUT2D eigenvalue weighted by atomic mass is 10.0. The maximum absolute atomic E-state index is 13.3. The Hall–Kier alpha value is -2.76. The van der Waals surface area contributed by atoms with Gasteiger partial charge in [-0.05, 0) is 41.5 Å². The molecule has 1 aromatic carbocycles. The van der Waals surface area contributed by atoms with Crippen LogP contribution in [-0.2, 0) is 0 Å². The summed E-state index contributed by atoms with van der Waals surface area (Å²) in [7, 11) is 0. The van der Waals surface area contributed by atoms with Crippen LogP contribution >= 0.6 is 0 Å². The Balaban J connectivity index is 2.55. The highest BCUT2D eigenvalue weighted by Gasteiger charge is 2.11. The summed E-state index contributed by atoms with van der Waals surface area (Å²) in [5.74, 6) is -3.17. The van der Waals surface area contributed by atoms with Gasteiger partial charge in [0.2, 0.25) is 0 Å². The minimum absolute atomic E-state index is 0.196. The molecule has 6 heteroatoms. The van der Waals surface area contributed by atoms with Crippen LogP contribution in [0.25, 0.3) is 11.1 Å². The molecular formula is C13H8FNO4. The van der Waals surface area contributed by atoms with Gasteiger partial charge in [-0.15, -0.1) is 0 Å². The predicted octanol–water partition coefficient (Wildman–Crippen LogP) is 2.28. The zero-order valence-corrected chi connectivity index (χ0v) is 9.50. The van der Waals surface area contributed by atoms with E-state index in [1.807, 2.05) is 0 Å². The summed E-state index contributed by atoms with van der Waals surface area (Å²) in [6.07, 6.45) is 1.27. The van der Waals surface area contributed by atoms with E-state index in [0.29, 0.717) is 5.56 Å². The molecule has 0 atom stereocenters. The van der Waals surface area contributed by atoms with Crippen LogP contribution in [0.5, 0.6) is 0 Å². The van der Waals surface area contributed by atoms with Gasteiger partial charge in [0.25, 0.3) is 0 Å². The van der Waals surface area contributed by atoms with E-state index >= 15 is 0 Å². The molecule has 1 aromatic heterocycles. The molecule has 96 valence electrons. The fourth-order valence-electron chi connectivity index (χ4n) is 1.61. The molecule has 1 heterocycles. The number of carboxylic acid groups (broad SMARTS) is 2. The highest BCUT2D eigenvalue weighted by atomic mass is 19.1. The number of hydrogen-bond donors (Lipinski definition) is 2.